The average Bonchev–Trinajstić information content (AvgIpc) is 3.23. The number of nitro benzene ring substituents is 1. The van der Waals surface area contributed by atoms with Gasteiger partial charge in [-0.1, -0.05) is 6.07 Å². The number of anilines is 1. The van der Waals surface area contributed by atoms with Crippen LogP contribution in [0, 0.1) is 10.1 Å². The van der Waals surface area contributed by atoms with Crippen molar-refractivity contribution >= 4 is 38.6 Å². The molecule has 11 heteroatoms. The number of carbonyl (C=O) groups is 1. The van der Waals surface area contributed by atoms with Crippen molar-refractivity contribution in [1.82, 2.24) is 9.62 Å². The standard InChI is InChI=1S/C18H22N4O5S2/c1-20(2)16-6-5-14(22(24)25)12-15(16)18(23)21-9-7-13(8-10-21)19-29(26,27)17-4-3-11-28-17/h3-6,11-13,19H,7-10H2,1-2H3. The van der Waals surface area contributed by atoms with Gasteiger partial charge in [0, 0.05) is 51.0 Å². The number of amides is 1. The van der Waals surface area contributed by atoms with Crippen LogP contribution in [0.2, 0.25) is 0 Å². The van der Waals surface area contributed by atoms with Gasteiger partial charge in [-0.2, -0.15) is 0 Å². The summed E-state index contributed by atoms with van der Waals surface area (Å²) >= 11 is 1.15. The van der Waals surface area contributed by atoms with E-state index in [4.69, 9.17) is 0 Å². The van der Waals surface area contributed by atoms with Crippen molar-refractivity contribution in [3.8, 4) is 0 Å². The number of nitrogens with one attached hydrogen (secondary N) is 1. The van der Waals surface area contributed by atoms with E-state index in [1.54, 1.807) is 47.5 Å². The molecule has 9 nitrogen and oxygen atoms in total. The summed E-state index contributed by atoms with van der Waals surface area (Å²) in [5.74, 6) is -0.294. The fraction of sp³-hybridized carbons (Fsp3) is 0.389. The number of thiophene rings is 1. The first kappa shape index (κ1) is 21.2. The minimum Gasteiger partial charge on any atom is -0.377 e. The van der Waals surface area contributed by atoms with Crippen LogP contribution in [-0.2, 0) is 10.0 Å². The van der Waals surface area contributed by atoms with E-state index in [9.17, 15) is 23.3 Å². The van der Waals surface area contributed by atoms with Crippen LogP contribution in [0.5, 0.6) is 0 Å². The first-order valence-corrected chi connectivity index (χ1v) is 11.4. The van der Waals surface area contributed by atoms with Gasteiger partial charge in [-0.15, -0.1) is 11.3 Å². The number of likely N-dealkylation sites (tertiary alicyclic amines) is 1. The predicted molar refractivity (Wildman–Crippen MR) is 111 cm³/mol. The second kappa shape index (κ2) is 8.47. The van der Waals surface area contributed by atoms with E-state index in [0.717, 1.165) is 11.3 Å². The Labute approximate surface area is 173 Å². The van der Waals surface area contributed by atoms with Crippen LogP contribution >= 0.6 is 11.3 Å². The van der Waals surface area contributed by atoms with Gasteiger partial charge >= 0.3 is 0 Å². The summed E-state index contributed by atoms with van der Waals surface area (Å²) in [4.78, 5) is 26.9. The number of piperidine rings is 1. The number of carbonyl (C=O) groups excluding carboxylic acids is 1. The molecule has 0 unspecified atom stereocenters. The molecule has 0 radical (unpaired) electrons. The van der Waals surface area contributed by atoms with E-state index in [1.165, 1.54) is 12.1 Å². The number of benzene rings is 1. The van der Waals surface area contributed by atoms with Gasteiger partial charge in [0.1, 0.15) is 4.21 Å². The Kier molecular flexibility index (Phi) is 6.20. The van der Waals surface area contributed by atoms with Crippen LogP contribution in [-0.4, -0.2) is 57.4 Å². The molecule has 1 N–H and O–H groups in total. The third kappa shape index (κ3) is 4.74. The van der Waals surface area contributed by atoms with Crippen molar-refractivity contribution in [3.05, 3.63) is 51.4 Å². The van der Waals surface area contributed by atoms with Crippen LogP contribution in [0.3, 0.4) is 0 Å². The van der Waals surface area contributed by atoms with Gasteiger partial charge in [0.05, 0.1) is 10.5 Å². The normalized spacial score (nSPS) is 15.3. The van der Waals surface area contributed by atoms with Crippen LogP contribution < -0.4 is 9.62 Å². The lowest BCUT2D eigenvalue weighted by Gasteiger charge is -2.33. The number of non-ortho nitro benzene ring substituents is 1. The molecular formula is C18H22N4O5S2. The summed E-state index contributed by atoms with van der Waals surface area (Å²) in [6.45, 7) is 0.734. The van der Waals surface area contributed by atoms with Crippen LogP contribution in [0.25, 0.3) is 0 Å². The summed E-state index contributed by atoms with van der Waals surface area (Å²) in [5, 5.41) is 12.8. The number of nitrogens with zero attached hydrogens (tertiary/aromatic N) is 3. The van der Waals surface area contributed by atoms with Gasteiger partial charge in [0.2, 0.25) is 10.0 Å². The number of hydrogen-bond donors (Lipinski definition) is 1. The molecule has 2 heterocycles. The largest absolute Gasteiger partial charge is 0.377 e. The highest BCUT2D eigenvalue weighted by molar-refractivity contribution is 7.91. The van der Waals surface area contributed by atoms with Gasteiger partial charge < -0.3 is 9.80 Å². The minimum atomic E-state index is -3.56. The molecule has 1 aromatic carbocycles. The molecular weight excluding hydrogens is 416 g/mol. The zero-order valence-electron chi connectivity index (χ0n) is 16.1. The highest BCUT2D eigenvalue weighted by Crippen LogP contribution is 2.27. The van der Waals surface area contributed by atoms with E-state index in [0.29, 0.717) is 31.6 Å². The first-order valence-electron chi connectivity index (χ1n) is 9.00. The Morgan fingerprint density at radius 3 is 2.52 bits per heavy atom. The second-order valence-electron chi connectivity index (χ2n) is 6.97. The first-order chi connectivity index (χ1) is 13.7. The molecule has 156 valence electrons. The van der Waals surface area contributed by atoms with E-state index >= 15 is 0 Å². The Hall–Kier alpha value is -2.50. The maximum absolute atomic E-state index is 13.0. The van der Waals surface area contributed by atoms with Crippen LogP contribution in [0.4, 0.5) is 11.4 Å². The average molecular weight is 439 g/mol. The molecule has 0 atom stereocenters. The van der Waals surface area contributed by atoms with E-state index < -0.39 is 14.9 Å². The number of hydrogen-bond acceptors (Lipinski definition) is 7. The van der Waals surface area contributed by atoms with E-state index in [-0.39, 0.29) is 27.4 Å². The molecule has 1 saturated heterocycles. The molecule has 2 aromatic rings. The smallest absolute Gasteiger partial charge is 0.270 e. The summed E-state index contributed by atoms with van der Waals surface area (Å²) in [5.41, 5.74) is 0.723. The Morgan fingerprint density at radius 2 is 1.97 bits per heavy atom. The predicted octanol–water partition coefficient (Wildman–Crippen LogP) is 2.31. The molecule has 3 rings (SSSR count). The second-order valence-corrected chi connectivity index (χ2v) is 9.86. The molecule has 0 aliphatic carbocycles. The van der Waals surface area contributed by atoms with Gasteiger partial charge in [-0.25, -0.2) is 13.1 Å². The van der Waals surface area contributed by atoms with Crippen molar-refractivity contribution in [2.45, 2.75) is 23.1 Å². The molecule has 0 spiro atoms. The van der Waals surface area contributed by atoms with E-state index in [2.05, 4.69) is 4.72 Å². The Morgan fingerprint density at radius 1 is 1.28 bits per heavy atom. The topological polar surface area (TPSA) is 113 Å². The highest BCUT2D eigenvalue weighted by Gasteiger charge is 2.29. The SMILES string of the molecule is CN(C)c1ccc([N+](=O)[O-])cc1C(=O)N1CCC(NS(=O)(=O)c2cccs2)CC1. The van der Waals surface area contributed by atoms with Crippen molar-refractivity contribution in [1.29, 1.82) is 0 Å². The molecule has 1 aliphatic rings. The van der Waals surface area contributed by atoms with Crippen molar-refractivity contribution in [2.75, 3.05) is 32.1 Å². The van der Waals surface area contributed by atoms with Crippen molar-refractivity contribution < 1.29 is 18.1 Å². The maximum Gasteiger partial charge on any atom is 0.270 e. The number of nitro groups is 1. The Balaban J connectivity index is 1.70. The molecule has 1 aliphatic heterocycles. The van der Waals surface area contributed by atoms with Gasteiger partial charge in [-0.05, 0) is 30.4 Å². The summed E-state index contributed by atoms with van der Waals surface area (Å²) < 4.78 is 27.7. The van der Waals surface area contributed by atoms with Crippen molar-refractivity contribution in [2.24, 2.45) is 0 Å². The monoisotopic (exact) mass is 438 g/mol. The minimum absolute atomic E-state index is 0.141. The number of sulfonamides is 1. The zero-order chi connectivity index (χ0) is 21.2. The molecule has 0 saturated carbocycles. The zero-order valence-corrected chi connectivity index (χ0v) is 17.7. The fourth-order valence-corrected chi connectivity index (χ4v) is 5.58. The molecule has 1 aromatic heterocycles. The summed E-state index contributed by atoms with van der Waals surface area (Å²) in [7, 11) is -0.0213. The summed E-state index contributed by atoms with van der Waals surface area (Å²) in [6, 6.07) is 7.21. The molecule has 0 bridgehead atoms. The number of rotatable bonds is 6. The van der Waals surface area contributed by atoms with Gasteiger partial charge in [0.25, 0.3) is 11.6 Å². The quantitative estimate of drug-likeness (QED) is 0.547. The third-order valence-electron chi connectivity index (χ3n) is 4.77. The van der Waals surface area contributed by atoms with E-state index in [1.807, 2.05) is 0 Å². The molecule has 1 amide bonds. The maximum atomic E-state index is 13.0. The lowest BCUT2D eigenvalue weighted by molar-refractivity contribution is -0.384. The lowest BCUT2D eigenvalue weighted by Crippen LogP contribution is -2.46. The fourth-order valence-electron chi connectivity index (χ4n) is 3.26. The van der Waals surface area contributed by atoms with Crippen LogP contribution in [0.15, 0.2) is 39.9 Å². The highest BCUT2D eigenvalue weighted by atomic mass is 32.2. The van der Waals surface area contributed by atoms with Gasteiger partial charge in [-0.3, -0.25) is 14.9 Å². The molecule has 29 heavy (non-hydrogen) atoms. The van der Waals surface area contributed by atoms with Crippen molar-refractivity contribution in [3.63, 3.8) is 0 Å². The van der Waals surface area contributed by atoms with Crippen LogP contribution in [0.1, 0.15) is 23.2 Å². The summed E-state index contributed by atoms with van der Waals surface area (Å²) in [6.07, 6.45) is 0.950. The molecule has 1 fully saturated rings. The van der Waals surface area contributed by atoms with Gasteiger partial charge in [0.15, 0.2) is 0 Å². The Bertz CT molecular complexity index is 997. The third-order valence-corrected chi connectivity index (χ3v) is 7.69. The lowest BCUT2D eigenvalue weighted by atomic mass is 10.0.